The lowest BCUT2D eigenvalue weighted by atomic mass is 9.91. The number of esters is 1. The molecule has 3 rings (SSSR count). The van der Waals surface area contributed by atoms with Crippen LogP contribution in [0.4, 0.5) is 0 Å². The van der Waals surface area contributed by atoms with E-state index in [0.717, 1.165) is 11.1 Å². The van der Waals surface area contributed by atoms with Crippen LogP contribution in [0, 0.1) is 0 Å². The number of rotatable bonds is 6. The highest BCUT2D eigenvalue weighted by molar-refractivity contribution is 7.12. The Labute approximate surface area is 144 Å². The van der Waals surface area contributed by atoms with Crippen molar-refractivity contribution < 1.29 is 14.3 Å². The Morgan fingerprint density at radius 3 is 1.92 bits per heavy atom. The third kappa shape index (κ3) is 3.78. The first-order chi connectivity index (χ1) is 11.8. The lowest BCUT2D eigenvalue weighted by Gasteiger charge is -2.16. The van der Waals surface area contributed by atoms with E-state index in [9.17, 15) is 9.59 Å². The molecule has 2 aromatic carbocycles. The van der Waals surface area contributed by atoms with Crippen LogP contribution in [0.25, 0.3) is 0 Å². The zero-order valence-corrected chi connectivity index (χ0v) is 13.7. The van der Waals surface area contributed by atoms with Crippen LogP contribution in [0.1, 0.15) is 26.7 Å². The second kappa shape index (κ2) is 7.70. The third-order valence-corrected chi connectivity index (χ3v) is 4.55. The molecule has 4 heteroatoms. The van der Waals surface area contributed by atoms with Gasteiger partial charge in [0, 0.05) is 0 Å². The molecule has 0 bridgehead atoms. The minimum absolute atomic E-state index is 0.182. The number of ketones is 1. The van der Waals surface area contributed by atoms with Crippen molar-refractivity contribution in [2.45, 2.75) is 5.92 Å². The minimum atomic E-state index is -0.538. The first-order valence-corrected chi connectivity index (χ1v) is 8.47. The first-order valence-electron chi connectivity index (χ1n) is 7.59. The number of hydrogen-bond donors (Lipinski definition) is 0. The van der Waals surface area contributed by atoms with Crippen molar-refractivity contribution in [3.8, 4) is 0 Å². The molecule has 0 spiro atoms. The minimum Gasteiger partial charge on any atom is -0.457 e. The van der Waals surface area contributed by atoms with Gasteiger partial charge in [0.2, 0.25) is 5.78 Å². The summed E-state index contributed by atoms with van der Waals surface area (Å²) in [5.41, 5.74) is 1.69. The van der Waals surface area contributed by atoms with E-state index < -0.39 is 11.9 Å². The second-order valence-corrected chi connectivity index (χ2v) is 6.21. The van der Waals surface area contributed by atoms with Gasteiger partial charge in [0.05, 0.1) is 4.88 Å². The Bertz CT molecular complexity index is 756. The Kier molecular flexibility index (Phi) is 5.18. The SMILES string of the molecule is O=C(COC(=O)C(c1ccccc1)c1ccccc1)c1cccs1. The number of Topliss-reactive ketones (excluding diaryl/α,β-unsaturated/α-hetero) is 1. The number of carbonyl (C=O) groups excluding carboxylic acids is 2. The van der Waals surface area contributed by atoms with Crippen LogP contribution in [0.15, 0.2) is 78.2 Å². The molecule has 0 radical (unpaired) electrons. The summed E-state index contributed by atoms with van der Waals surface area (Å²) in [5, 5.41) is 1.83. The summed E-state index contributed by atoms with van der Waals surface area (Å²) < 4.78 is 5.32. The maximum atomic E-state index is 12.6. The van der Waals surface area contributed by atoms with Gasteiger partial charge >= 0.3 is 5.97 Å². The molecule has 3 aromatic rings. The van der Waals surface area contributed by atoms with Crippen molar-refractivity contribution in [3.63, 3.8) is 0 Å². The topological polar surface area (TPSA) is 43.4 Å². The molecule has 0 atom stereocenters. The normalized spacial score (nSPS) is 10.5. The van der Waals surface area contributed by atoms with E-state index in [1.54, 1.807) is 12.1 Å². The van der Waals surface area contributed by atoms with Gasteiger partial charge in [-0.3, -0.25) is 9.59 Å². The summed E-state index contributed by atoms with van der Waals surface area (Å²) in [5.74, 6) is -1.14. The highest BCUT2D eigenvalue weighted by atomic mass is 32.1. The summed E-state index contributed by atoms with van der Waals surface area (Å²) in [4.78, 5) is 25.3. The molecule has 0 unspecified atom stereocenters. The van der Waals surface area contributed by atoms with Crippen molar-refractivity contribution >= 4 is 23.1 Å². The number of benzene rings is 2. The average molecular weight is 336 g/mol. The summed E-state index contributed by atoms with van der Waals surface area (Å²) in [6, 6.07) is 22.4. The van der Waals surface area contributed by atoms with Gasteiger partial charge in [-0.1, -0.05) is 66.7 Å². The number of thiophene rings is 1. The Morgan fingerprint density at radius 1 is 0.833 bits per heavy atom. The quantitative estimate of drug-likeness (QED) is 0.498. The van der Waals surface area contributed by atoms with Crippen molar-refractivity contribution in [1.82, 2.24) is 0 Å². The predicted octanol–water partition coefficient (Wildman–Crippen LogP) is 4.31. The third-order valence-electron chi connectivity index (χ3n) is 3.64. The van der Waals surface area contributed by atoms with Gasteiger partial charge < -0.3 is 4.74 Å². The van der Waals surface area contributed by atoms with E-state index in [2.05, 4.69) is 0 Å². The van der Waals surface area contributed by atoms with Crippen LogP contribution in [0.2, 0.25) is 0 Å². The van der Waals surface area contributed by atoms with Crippen molar-refractivity contribution in [3.05, 3.63) is 94.2 Å². The fraction of sp³-hybridized carbons (Fsp3) is 0.100. The van der Waals surface area contributed by atoms with Crippen LogP contribution >= 0.6 is 11.3 Å². The molecule has 24 heavy (non-hydrogen) atoms. The summed E-state index contributed by atoms with van der Waals surface area (Å²) in [6.07, 6.45) is 0. The van der Waals surface area contributed by atoms with E-state index >= 15 is 0 Å². The predicted molar refractivity (Wildman–Crippen MR) is 94.3 cm³/mol. The van der Waals surface area contributed by atoms with Crippen molar-refractivity contribution in [2.75, 3.05) is 6.61 Å². The van der Waals surface area contributed by atoms with Gasteiger partial charge in [-0.15, -0.1) is 11.3 Å². The maximum Gasteiger partial charge on any atom is 0.318 e. The number of carbonyl (C=O) groups is 2. The van der Waals surface area contributed by atoms with Crippen molar-refractivity contribution in [2.24, 2.45) is 0 Å². The molecule has 0 aliphatic carbocycles. The standard InChI is InChI=1S/C20H16O3S/c21-17(18-12-7-13-24-18)14-23-20(22)19(15-8-3-1-4-9-15)16-10-5-2-6-11-16/h1-13,19H,14H2. The van der Waals surface area contributed by atoms with Crippen LogP contribution < -0.4 is 0 Å². The van der Waals surface area contributed by atoms with Gasteiger partial charge in [0.1, 0.15) is 5.92 Å². The van der Waals surface area contributed by atoms with Crippen molar-refractivity contribution in [1.29, 1.82) is 0 Å². The molecule has 0 amide bonds. The van der Waals surface area contributed by atoms with E-state index in [0.29, 0.717) is 4.88 Å². The fourth-order valence-corrected chi connectivity index (χ4v) is 3.14. The highest BCUT2D eigenvalue weighted by Crippen LogP contribution is 2.26. The number of ether oxygens (including phenoxy) is 1. The molecular weight excluding hydrogens is 320 g/mol. The molecule has 1 aromatic heterocycles. The Hall–Kier alpha value is -2.72. The van der Waals surface area contributed by atoms with Crippen LogP contribution in [0.3, 0.4) is 0 Å². The lowest BCUT2D eigenvalue weighted by molar-refractivity contribution is -0.143. The van der Waals surface area contributed by atoms with Crippen LogP contribution in [-0.4, -0.2) is 18.4 Å². The zero-order valence-electron chi connectivity index (χ0n) is 12.9. The smallest absolute Gasteiger partial charge is 0.318 e. The molecule has 0 fully saturated rings. The van der Waals surface area contributed by atoms with Crippen LogP contribution in [-0.2, 0) is 9.53 Å². The Morgan fingerprint density at radius 2 is 1.42 bits per heavy atom. The Balaban J connectivity index is 1.78. The maximum absolute atomic E-state index is 12.6. The van der Waals surface area contributed by atoms with E-state index in [4.69, 9.17) is 4.74 Å². The van der Waals surface area contributed by atoms with Gasteiger partial charge in [-0.2, -0.15) is 0 Å². The fourth-order valence-electron chi connectivity index (χ4n) is 2.48. The van der Waals surface area contributed by atoms with Gasteiger partial charge in [0.15, 0.2) is 6.61 Å². The molecule has 0 saturated carbocycles. The molecular formula is C20H16O3S. The average Bonchev–Trinajstić information content (AvgIpc) is 3.16. The van der Waals surface area contributed by atoms with E-state index in [1.807, 2.05) is 66.0 Å². The lowest BCUT2D eigenvalue weighted by Crippen LogP contribution is -2.20. The monoisotopic (exact) mass is 336 g/mol. The molecule has 0 saturated heterocycles. The van der Waals surface area contributed by atoms with Gasteiger partial charge in [-0.05, 0) is 22.6 Å². The van der Waals surface area contributed by atoms with E-state index in [1.165, 1.54) is 11.3 Å². The molecule has 0 aliphatic rings. The van der Waals surface area contributed by atoms with Gasteiger partial charge in [-0.25, -0.2) is 0 Å². The van der Waals surface area contributed by atoms with Crippen LogP contribution in [0.5, 0.6) is 0 Å². The first kappa shape index (κ1) is 16.1. The molecule has 3 nitrogen and oxygen atoms in total. The largest absolute Gasteiger partial charge is 0.457 e. The highest BCUT2D eigenvalue weighted by Gasteiger charge is 2.25. The van der Waals surface area contributed by atoms with E-state index in [-0.39, 0.29) is 12.4 Å². The van der Waals surface area contributed by atoms with Gasteiger partial charge in [0.25, 0.3) is 0 Å². The molecule has 1 heterocycles. The summed E-state index contributed by atoms with van der Waals surface area (Å²) in [6.45, 7) is -0.241. The molecule has 120 valence electrons. The summed E-state index contributed by atoms with van der Waals surface area (Å²) >= 11 is 1.34. The molecule has 0 N–H and O–H groups in total. The zero-order chi connectivity index (χ0) is 16.8. The number of hydrogen-bond acceptors (Lipinski definition) is 4. The summed E-state index contributed by atoms with van der Waals surface area (Å²) in [7, 11) is 0. The second-order valence-electron chi connectivity index (χ2n) is 5.26. The molecule has 0 aliphatic heterocycles.